The van der Waals surface area contributed by atoms with Crippen molar-refractivity contribution in [2.75, 3.05) is 6.54 Å². The first-order chi connectivity index (χ1) is 6.33. The summed E-state index contributed by atoms with van der Waals surface area (Å²) in [5.74, 6) is 2.62. The largest absolute Gasteiger partial charge is 0.310 e. The zero-order valence-corrected chi connectivity index (χ0v) is 8.66. The van der Waals surface area contributed by atoms with E-state index in [9.17, 15) is 0 Å². The van der Waals surface area contributed by atoms with Gasteiger partial charge in [0.25, 0.3) is 0 Å². The molecule has 1 heterocycles. The van der Waals surface area contributed by atoms with Crippen LogP contribution in [-0.2, 0) is 6.54 Å². The minimum atomic E-state index is 0.851. The second-order valence-corrected chi connectivity index (χ2v) is 3.81. The summed E-state index contributed by atoms with van der Waals surface area (Å²) in [4.78, 5) is 4.34. The van der Waals surface area contributed by atoms with Crippen LogP contribution in [0.2, 0.25) is 0 Å². The number of aromatic nitrogens is 1. The first-order valence-electron chi connectivity index (χ1n) is 4.38. The average Bonchev–Trinajstić information content (AvgIpc) is 2.51. The van der Waals surface area contributed by atoms with E-state index in [1.165, 1.54) is 0 Å². The van der Waals surface area contributed by atoms with Crippen LogP contribution in [0.1, 0.15) is 23.5 Å². The molecule has 1 aromatic rings. The van der Waals surface area contributed by atoms with Crippen LogP contribution < -0.4 is 5.32 Å². The van der Waals surface area contributed by atoms with Gasteiger partial charge < -0.3 is 5.32 Å². The molecule has 0 bridgehead atoms. The van der Waals surface area contributed by atoms with Crippen molar-refractivity contribution in [3.8, 4) is 12.3 Å². The van der Waals surface area contributed by atoms with Crippen LogP contribution in [0.5, 0.6) is 0 Å². The molecule has 1 N–H and O–H groups in total. The quantitative estimate of drug-likeness (QED) is 0.572. The van der Waals surface area contributed by atoms with Gasteiger partial charge in [-0.15, -0.1) is 23.7 Å². The Balaban J connectivity index is 2.10. The Bertz CT molecular complexity index is 285. The first-order valence-corrected chi connectivity index (χ1v) is 5.26. The highest BCUT2D eigenvalue weighted by Gasteiger charge is 1.96. The lowest BCUT2D eigenvalue weighted by Crippen LogP contribution is -2.14. The SMILES string of the molecule is C#CCCCNCc1nc(C)cs1. The van der Waals surface area contributed by atoms with Gasteiger partial charge in [-0.1, -0.05) is 0 Å². The fourth-order valence-corrected chi connectivity index (χ4v) is 1.74. The molecule has 1 aromatic heterocycles. The number of hydrogen-bond donors (Lipinski definition) is 1. The second kappa shape index (κ2) is 5.74. The van der Waals surface area contributed by atoms with Gasteiger partial charge in [-0.05, 0) is 19.9 Å². The smallest absolute Gasteiger partial charge is 0.107 e. The second-order valence-electron chi connectivity index (χ2n) is 2.87. The van der Waals surface area contributed by atoms with Crippen molar-refractivity contribution in [3.05, 3.63) is 16.1 Å². The van der Waals surface area contributed by atoms with Gasteiger partial charge in [0.15, 0.2) is 0 Å². The molecule has 0 atom stereocenters. The van der Waals surface area contributed by atoms with Crippen LogP contribution in [0, 0.1) is 19.3 Å². The number of aryl methyl sites for hydroxylation is 1. The molecule has 0 amide bonds. The molecule has 1 rings (SSSR count). The first kappa shape index (κ1) is 10.2. The van der Waals surface area contributed by atoms with Crippen LogP contribution in [0.3, 0.4) is 0 Å². The Morgan fingerprint density at radius 1 is 1.69 bits per heavy atom. The van der Waals surface area contributed by atoms with E-state index >= 15 is 0 Å². The molecule has 2 nitrogen and oxygen atoms in total. The van der Waals surface area contributed by atoms with Gasteiger partial charge in [0.05, 0.1) is 0 Å². The summed E-state index contributed by atoms with van der Waals surface area (Å²) >= 11 is 1.70. The third-order valence-electron chi connectivity index (χ3n) is 1.62. The zero-order chi connectivity index (χ0) is 9.52. The van der Waals surface area contributed by atoms with Gasteiger partial charge in [-0.3, -0.25) is 0 Å². The molecule has 0 fully saturated rings. The maximum Gasteiger partial charge on any atom is 0.107 e. The Hall–Kier alpha value is -0.850. The van der Waals surface area contributed by atoms with Gasteiger partial charge >= 0.3 is 0 Å². The van der Waals surface area contributed by atoms with E-state index in [-0.39, 0.29) is 0 Å². The number of thiazole rings is 1. The summed E-state index contributed by atoms with van der Waals surface area (Å²) < 4.78 is 0. The molecule has 0 unspecified atom stereocenters. The number of nitrogens with one attached hydrogen (secondary N) is 1. The molecule has 0 aromatic carbocycles. The Morgan fingerprint density at radius 2 is 2.54 bits per heavy atom. The zero-order valence-electron chi connectivity index (χ0n) is 7.84. The summed E-state index contributed by atoms with van der Waals surface area (Å²) in [5.41, 5.74) is 1.10. The number of nitrogens with zero attached hydrogens (tertiary/aromatic N) is 1. The normalized spacial score (nSPS) is 9.85. The topological polar surface area (TPSA) is 24.9 Å². The Labute approximate surface area is 83.4 Å². The van der Waals surface area contributed by atoms with E-state index in [1.54, 1.807) is 11.3 Å². The van der Waals surface area contributed by atoms with Crippen molar-refractivity contribution in [2.24, 2.45) is 0 Å². The van der Waals surface area contributed by atoms with Crippen molar-refractivity contribution >= 4 is 11.3 Å². The van der Waals surface area contributed by atoms with Crippen LogP contribution in [0.15, 0.2) is 5.38 Å². The molecular weight excluding hydrogens is 180 g/mol. The molecule has 0 saturated carbocycles. The van der Waals surface area contributed by atoms with E-state index in [0.29, 0.717) is 0 Å². The third kappa shape index (κ3) is 4.07. The summed E-state index contributed by atoms with van der Waals surface area (Å²) in [6.45, 7) is 3.85. The van der Waals surface area contributed by atoms with Gasteiger partial charge in [0.2, 0.25) is 0 Å². The lowest BCUT2D eigenvalue weighted by molar-refractivity contribution is 0.656. The molecule has 0 aliphatic rings. The van der Waals surface area contributed by atoms with Crippen LogP contribution in [0.25, 0.3) is 0 Å². The number of rotatable bonds is 5. The molecule has 0 saturated heterocycles. The molecule has 3 heteroatoms. The maximum absolute atomic E-state index is 5.14. The maximum atomic E-state index is 5.14. The standard InChI is InChI=1S/C10H14N2S/c1-3-4-5-6-11-7-10-12-9(2)8-13-10/h1,8,11H,4-7H2,2H3. The summed E-state index contributed by atoms with van der Waals surface area (Å²) in [6.07, 6.45) is 7.03. The van der Waals surface area contributed by atoms with Gasteiger partial charge in [0, 0.05) is 24.0 Å². The van der Waals surface area contributed by atoms with E-state index in [1.807, 2.05) is 6.92 Å². The minimum Gasteiger partial charge on any atom is -0.310 e. The minimum absolute atomic E-state index is 0.851. The van der Waals surface area contributed by atoms with Crippen molar-refractivity contribution in [3.63, 3.8) is 0 Å². The van der Waals surface area contributed by atoms with E-state index in [4.69, 9.17) is 6.42 Å². The third-order valence-corrected chi connectivity index (χ3v) is 2.58. The van der Waals surface area contributed by atoms with Crippen molar-refractivity contribution in [1.29, 1.82) is 0 Å². The fourth-order valence-electron chi connectivity index (χ4n) is 0.995. The monoisotopic (exact) mass is 194 g/mol. The van der Waals surface area contributed by atoms with Crippen LogP contribution >= 0.6 is 11.3 Å². The fraction of sp³-hybridized carbons (Fsp3) is 0.500. The average molecular weight is 194 g/mol. The molecular formula is C10H14N2S. The molecule has 0 aliphatic heterocycles. The molecule has 0 spiro atoms. The van der Waals surface area contributed by atoms with Crippen LogP contribution in [-0.4, -0.2) is 11.5 Å². The predicted octanol–water partition coefficient (Wildman–Crippen LogP) is 1.95. The lowest BCUT2D eigenvalue weighted by atomic mass is 10.3. The van der Waals surface area contributed by atoms with Crippen LogP contribution in [0.4, 0.5) is 0 Å². The van der Waals surface area contributed by atoms with Crippen molar-refractivity contribution < 1.29 is 0 Å². The summed E-state index contributed by atoms with van der Waals surface area (Å²) in [6, 6.07) is 0. The molecule has 13 heavy (non-hydrogen) atoms. The van der Waals surface area contributed by atoms with E-state index < -0.39 is 0 Å². The highest BCUT2D eigenvalue weighted by Crippen LogP contribution is 2.07. The highest BCUT2D eigenvalue weighted by molar-refractivity contribution is 7.09. The Kier molecular flexibility index (Phi) is 4.52. The number of hydrogen-bond acceptors (Lipinski definition) is 3. The predicted molar refractivity (Wildman–Crippen MR) is 56.6 cm³/mol. The highest BCUT2D eigenvalue weighted by atomic mass is 32.1. The van der Waals surface area contributed by atoms with E-state index in [2.05, 4.69) is 21.6 Å². The molecule has 0 radical (unpaired) electrons. The summed E-state index contributed by atoms with van der Waals surface area (Å²) in [5, 5.41) is 6.52. The van der Waals surface area contributed by atoms with Crippen molar-refractivity contribution in [2.45, 2.75) is 26.3 Å². The van der Waals surface area contributed by atoms with Gasteiger partial charge in [0.1, 0.15) is 5.01 Å². The molecule has 0 aliphatic carbocycles. The van der Waals surface area contributed by atoms with Gasteiger partial charge in [-0.2, -0.15) is 0 Å². The number of unbranched alkanes of at least 4 members (excludes halogenated alkanes) is 1. The van der Waals surface area contributed by atoms with Gasteiger partial charge in [-0.25, -0.2) is 4.98 Å². The van der Waals surface area contributed by atoms with E-state index in [0.717, 1.165) is 36.6 Å². The lowest BCUT2D eigenvalue weighted by Gasteiger charge is -1.98. The summed E-state index contributed by atoms with van der Waals surface area (Å²) in [7, 11) is 0. The Morgan fingerprint density at radius 3 is 3.15 bits per heavy atom. The number of terminal acetylenes is 1. The van der Waals surface area contributed by atoms with Crippen molar-refractivity contribution in [1.82, 2.24) is 10.3 Å². The molecule has 70 valence electrons.